The number of nitrogens with zero attached hydrogens (tertiary/aromatic N) is 2. The highest BCUT2D eigenvalue weighted by atomic mass is 16.2. The van der Waals surface area contributed by atoms with E-state index in [0.29, 0.717) is 18.4 Å². The van der Waals surface area contributed by atoms with Crippen LogP contribution in [-0.2, 0) is 4.79 Å². The predicted octanol–water partition coefficient (Wildman–Crippen LogP) is 1.53. The number of piperidine rings is 1. The summed E-state index contributed by atoms with van der Waals surface area (Å²) in [5.74, 6) is 1.53. The third-order valence-corrected chi connectivity index (χ3v) is 6.06. The fourth-order valence-electron chi connectivity index (χ4n) is 4.54. The van der Waals surface area contributed by atoms with Crippen LogP contribution in [0.3, 0.4) is 0 Å². The average molecular weight is 341 g/mol. The van der Waals surface area contributed by atoms with Crippen molar-refractivity contribution in [3.05, 3.63) is 35.4 Å². The highest BCUT2D eigenvalue weighted by molar-refractivity contribution is 5.94. The average Bonchev–Trinajstić information content (AvgIpc) is 3.23. The molecule has 2 amide bonds. The van der Waals surface area contributed by atoms with Crippen molar-refractivity contribution in [2.24, 2.45) is 17.8 Å². The smallest absolute Gasteiger partial charge is 0.253 e. The number of rotatable bonds is 2. The summed E-state index contributed by atoms with van der Waals surface area (Å²) >= 11 is 0. The minimum atomic E-state index is -0.0325. The lowest BCUT2D eigenvalue weighted by Crippen LogP contribution is -2.46. The molecule has 25 heavy (non-hydrogen) atoms. The SMILES string of the molecule is Cc1ccc(C(=O)N2CCCC(C(=O)N3C[C@H]4CNC[C@H]4C3)C2)cc1. The van der Waals surface area contributed by atoms with Gasteiger partial charge >= 0.3 is 0 Å². The zero-order chi connectivity index (χ0) is 17.4. The second kappa shape index (κ2) is 6.79. The monoisotopic (exact) mass is 341 g/mol. The predicted molar refractivity (Wildman–Crippen MR) is 96.2 cm³/mol. The Bertz CT molecular complexity index is 645. The topological polar surface area (TPSA) is 52.7 Å². The summed E-state index contributed by atoms with van der Waals surface area (Å²) in [6.45, 7) is 7.19. The van der Waals surface area contributed by atoms with Crippen LogP contribution in [0.25, 0.3) is 0 Å². The first-order valence-electron chi connectivity index (χ1n) is 9.47. The molecule has 0 bridgehead atoms. The molecule has 1 aromatic carbocycles. The van der Waals surface area contributed by atoms with Gasteiger partial charge in [-0.2, -0.15) is 0 Å². The summed E-state index contributed by atoms with van der Waals surface area (Å²) in [5.41, 5.74) is 1.87. The Morgan fingerprint density at radius 3 is 2.36 bits per heavy atom. The van der Waals surface area contributed by atoms with Crippen LogP contribution in [0.2, 0.25) is 0 Å². The third kappa shape index (κ3) is 3.30. The van der Waals surface area contributed by atoms with Crippen LogP contribution in [0.4, 0.5) is 0 Å². The molecule has 3 saturated heterocycles. The van der Waals surface area contributed by atoms with Crippen molar-refractivity contribution in [3.8, 4) is 0 Å². The largest absolute Gasteiger partial charge is 0.342 e. The van der Waals surface area contributed by atoms with E-state index in [9.17, 15) is 9.59 Å². The Morgan fingerprint density at radius 2 is 1.68 bits per heavy atom. The Kier molecular flexibility index (Phi) is 4.50. The summed E-state index contributed by atoms with van der Waals surface area (Å²) in [7, 11) is 0. The summed E-state index contributed by atoms with van der Waals surface area (Å²) in [4.78, 5) is 29.6. The number of carbonyl (C=O) groups excluding carboxylic acids is 2. The van der Waals surface area contributed by atoms with Crippen LogP contribution in [0.1, 0.15) is 28.8 Å². The second-order valence-electron chi connectivity index (χ2n) is 7.88. The molecule has 1 unspecified atom stereocenters. The van der Waals surface area contributed by atoms with Gasteiger partial charge in [0, 0.05) is 44.8 Å². The van der Waals surface area contributed by atoms with Gasteiger partial charge in [0.2, 0.25) is 5.91 Å². The number of aryl methyl sites for hydroxylation is 1. The van der Waals surface area contributed by atoms with E-state index >= 15 is 0 Å². The fourth-order valence-corrected chi connectivity index (χ4v) is 4.54. The van der Waals surface area contributed by atoms with Crippen molar-refractivity contribution in [1.29, 1.82) is 0 Å². The molecular formula is C20H27N3O2. The maximum Gasteiger partial charge on any atom is 0.253 e. The van der Waals surface area contributed by atoms with Crippen LogP contribution in [-0.4, -0.2) is 60.9 Å². The van der Waals surface area contributed by atoms with Crippen molar-refractivity contribution in [2.75, 3.05) is 39.3 Å². The molecule has 3 aliphatic heterocycles. The first kappa shape index (κ1) is 16.6. The molecule has 1 aromatic rings. The molecular weight excluding hydrogens is 314 g/mol. The van der Waals surface area contributed by atoms with Crippen molar-refractivity contribution in [2.45, 2.75) is 19.8 Å². The Hall–Kier alpha value is -1.88. The molecule has 3 fully saturated rings. The van der Waals surface area contributed by atoms with E-state index < -0.39 is 0 Å². The molecule has 3 aliphatic rings. The van der Waals surface area contributed by atoms with E-state index in [4.69, 9.17) is 0 Å². The molecule has 0 radical (unpaired) electrons. The number of fused-ring (bicyclic) bond motifs is 1. The molecule has 0 saturated carbocycles. The van der Waals surface area contributed by atoms with Gasteiger partial charge in [0.15, 0.2) is 0 Å². The van der Waals surface area contributed by atoms with Gasteiger partial charge in [-0.3, -0.25) is 9.59 Å². The van der Waals surface area contributed by atoms with Gasteiger partial charge < -0.3 is 15.1 Å². The molecule has 0 aliphatic carbocycles. The molecule has 3 atom stereocenters. The van der Waals surface area contributed by atoms with Gasteiger partial charge in [0.05, 0.1) is 5.92 Å². The molecule has 3 heterocycles. The first-order chi connectivity index (χ1) is 12.1. The number of benzene rings is 1. The van der Waals surface area contributed by atoms with E-state index in [-0.39, 0.29) is 17.7 Å². The zero-order valence-electron chi connectivity index (χ0n) is 14.9. The molecule has 0 spiro atoms. The summed E-state index contributed by atoms with van der Waals surface area (Å²) in [6.07, 6.45) is 1.82. The van der Waals surface area contributed by atoms with Crippen molar-refractivity contribution < 1.29 is 9.59 Å². The molecule has 5 heteroatoms. The fraction of sp³-hybridized carbons (Fsp3) is 0.600. The lowest BCUT2D eigenvalue weighted by Gasteiger charge is -2.34. The van der Waals surface area contributed by atoms with Gasteiger partial charge in [-0.25, -0.2) is 0 Å². The second-order valence-corrected chi connectivity index (χ2v) is 7.88. The summed E-state index contributed by atoms with van der Waals surface area (Å²) in [5, 5.41) is 3.42. The Balaban J connectivity index is 1.39. The van der Waals surface area contributed by atoms with Gasteiger partial charge in [0.25, 0.3) is 5.91 Å². The number of hydrogen-bond acceptors (Lipinski definition) is 3. The van der Waals surface area contributed by atoms with E-state index in [0.717, 1.165) is 56.7 Å². The molecule has 134 valence electrons. The van der Waals surface area contributed by atoms with E-state index in [1.807, 2.05) is 36.1 Å². The number of amides is 2. The highest BCUT2D eigenvalue weighted by Gasteiger charge is 2.40. The lowest BCUT2D eigenvalue weighted by atomic mass is 9.95. The number of hydrogen-bond donors (Lipinski definition) is 1. The molecule has 5 nitrogen and oxygen atoms in total. The van der Waals surface area contributed by atoms with Gasteiger partial charge in [0.1, 0.15) is 0 Å². The van der Waals surface area contributed by atoms with E-state index in [1.54, 1.807) is 0 Å². The number of nitrogens with one attached hydrogen (secondary N) is 1. The highest BCUT2D eigenvalue weighted by Crippen LogP contribution is 2.29. The van der Waals surface area contributed by atoms with Gasteiger partial charge in [-0.15, -0.1) is 0 Å². The minimum Gasteiger partial charge on any atom is -0.342 e. The summed E-state index contributed by atoms with van der Waals surface area (Å²) in [6, 6.07) is 7.71. The van der Waals surface area contributed by atoms with Crippen LogP contribution < -0.4 is 5.32 Å². The first-order valence-corrected chi connectivity index (χ1v) is 9.47. The van der Waals surface area contributed by atoms with Crippen molar-refractivity contribution in [1.82, 2.24) is 15.1 Å². The molecule has 0 aromatic heterocycles. The minimum absolute atomic E-state index is 0.0325. The lowest BCUT2D eigenvalue weighted by molar-refractivity contribution is -0.136. The van der Waals surface area contributed by atoms with Crippen LogP contribution >= 0.6 is 0 Å². The normalized spacial score (nSPS) is 28.9. The van der Waals surface area contributed by atoms with Gasteiger partial charge in [-0.1, -0.05) is 17.7 Å². The van der Waals surface area contributed by atoms with Crippen LogP contribution in [0, 0.1) is 24.7 Å². The summed E-state index contributed by atoms with van der Waals surface area (Å²) < 4.78 is 0. The van der Waals surface area contributed by atoms with E-state index in [1.165, 1.54) is 0 Å². The molecule has 4 rings (SSSR count). The van der Waals surface area contributed by atoms with Crippen molar-refractivity contribution in [3.63, 3.8) is 0 Å². The van der Waals surface area contributed by atoms with E-state index in [2.05, 4.69) is 10.2 Å². The molecule has 1 N–H and O–H groups in total. The Morgan fingerprint density at radius 1 is 1.00 bits per heavy atom. The van der Waals surface area contributed by atoms with Gasteiger partial charge in [-0.05, 0) is 43.7 Å². The number of likely N-dealkylation sites (tertiary alicyclic amines) is 2. The standard InChI is InChI=1S/C20H27N3O2/c1-14-4-6-15(7-5-14)19(24)22-8-2-3-16(11-22)20(25)23-12-17-9-21-10-18(17)13-23/h4-7,16-18,21H,2-3,8-13H2,1H3/t16?,17-,18+. The zero-order valence-corrected chi connectivity index (χ0v) is 14.9. The van der Waals surface area contributed by atoms with Crippen LogP contribution in [0.15, 0.2) is 24.3 Å². The van der Waals surface area contributed by atoms with Crippen molar-refractivity contribution >= 4 is 11.8 Å². The Labute approximate surface area is 149 Å². The quantitative estimate of drug-likeness (QED) is 0.887. The number of carbonyl (C=O) groups is 2. The maximum atomic E-state index is 12.9. The maximum absolute atomic E-state index is 12.9. The third-order valence-electron chi connectivity index (χ3n) is 6.06. The van der Waals surface area contributed by atoms with Crippen LogP contribution in [0.5, 0.6) is 0 Å².